The minimum absolute atomic E-state index is 0.115. The molecule has 0 bridgehead atoms. The number of anilines is 1. The summed E-state index contributed by atoms with van der Waals surface area (Å²) in [7, 11) is -3.36. The number of amides is 1. The summed E-state index contributed by atoms with van der Waals surface area (Å²) >= 11 is 7.44. The van der Waals surface area contributed by atoms with Crippen LogP contribution in [0.5, 0.6) is 0 Å². The number of nitrogens with one attached hydrogen (secondary N) is 1. The Morgan fingerprint density at radius 3 is 2.46 bits per heavy atom. The largest absolute Gasteiger partial charge is 0.324 e. The van der Waals surface area contributed by atoms with Crippen molar-refractivity contribution >= 4 is 44.8 Å². The van der Waals surface area contributed by atoms with Gasteiger partial charge < -0.3 is 5.32 Å². The van der Waals surface area contributed by atoms with Crippen LogP contribution in [0, 0.1) is 13.8 Å². The second-order valence-corrected chi connectivity index (χ2v) is 8.97. The highest BCUT2D eigenvalue weighted by molar-refractivity contribution is 8.00. The summed E-state index contributed by atoms with van der Waals surface area (Å²) in [6.45, 7) is 4.06. The molecule has 0 spiro atoms. The SMILES string of the molecule is Cc1ccc(SCC(=O)Nc2cc(S(C)(=O)=O)ccc2Cl)cc1C. The molecule has 0 unspecified atom stereocenters. The fourth-order valence-electron chi connectivity index (χ4n) is 1.97. The minimum atomic E-state index is -3.36. The van der Waals surface area contributed by atoms with Gasteiger partial charge in [-0.05, 0) is 55.3 Å². The summed E-state index contributed by atoms with van der Waals surface area (Å²) in [5.41, 5.74) is 2.67. The average molecular weight is 384 g/mol. The Kier molecular flexibility index (Phi) is 5.96. The Hall–Kier alpha value is -1.50. The molecule has 0 radical (unpaired) electrons. The van der Waals surface area contributed by atoms with Crippen LogP contribution in [0.25, 0.3) is 0 Å². The number of thioether (sulfide) groups is 1. The number of benzene rings is 2. The molecule has 2 rings (SSSR count). The number of carbonyl (C=O) groups is 1. The van der Waals surface area contributed by atoms with Crippen molar-refractivity contribution in [3.05, 3.63) is 52.5 Å². The molecule has 2 aromatic rings. The molecule has 0 atom stereocenters. The van der Waals surface area contributed by atoms with Gasteiger partial charge in [0.1, 0.15) is 0 Å². The highest BCUT2D eigenvalue weighted by atomic mass is 35.5. The highest BCUT2D eigenvalue weighted by Gasteiger charge is 2.12. The molecule has 2 aromatic carbocycles. The Bertz CT molecular complexity index is 879. The maximum absolute atomic E-state index is 12.1. The first-order valence-corrected chi connectivity index (χ1v) is 10.4. The van der Waals surface area contributed by atoms with Gasteiger partial charge in [-0.2, -0.15) is 0 Å². The number of hydrogen-bond donors (Lipinski definition) is 1. The monoisotopic (exact) mass is 383 g/mol. The lowest BCUT2D eigenvalue weighted by Crippen LogP contribution is -2.14. The van der Waals surface area contributed by atoms with E-state index in [-0.39, 0.29) is 16.6 Å². The third-order valence-electron chi connectivity index (χ3n) is 3.49. The molecular formula is C17H18ClNO3S2. The molecule has 0 aliphatic rings. The van der Waals surface area contributed by atoms with E-state index in [4.69, 9.17) is 11.6 Å². The summed E-state index contributed by atoms with van der Waals surface area (Å²) in [4.78, 5) is 13.2. The van der Waals surface area contributed by atoms with Crippen molar-refractivity contribution < 1.29 is 13.2 Å². The molecule has 1 N–H and O–H groups in total. The first kappa shape index (κ1) is 18.8. The fraction of sp³-hybridized carbons (Fsp3) is 0.235. The predicted octanol–water partition coefficient (Wildman–Crippen LogP) is 4.09. The van der Waals surface area contributed by atoms with Gasteiger partial charge in [-0.15, -0.1) is 11.8 Å². The van der Waals surface area contributed by atoms with Gasteiger partial charge in [0.25, 0.3) is 0 Å². The molecule has 0 saturated heterocycles. The highest BCUT2D eigenvalue weighted by Crippen LogP contribution is 2.26. The Morgan fingerprint density at radius 1 is 1.12 bits per heavy atom. The zero-order chi connectivity index (χ0) is 17.9. The third-order valence-corrected chi connectivity index (χ3v) is 5.92. The predicted molar refractivity (Wildman–Crippen MR) is 99.8 cm³/mol. The van der Waals surface area contributed by atoms with Crippen molar-refractivity contribution in [1.29, 1.82) is 0 Å². The summed E-state index contributed by atoms with van der Waals surface area (Å²) in [5, 5.41) is 2.96. The van der Waals surface area contributed by atoms with Crippen molar-refractivity contribution in [2.45, 2.75) is 23.6 Å². The summed E-state index contributed by atoms with van der Waals surface area (Å²) < 4.78 is 23.2. The molecule has 0 aliphatic carbocycles. The van der Waals surface area contributed by atoms with Crippen LogP contribution in [0.2, 0.25) is 5.02 Å². The van der Waals surface area contributed by atoms with E-state index >= 15 is 0 Å². The van der Waals surface area contributed by atoms with Gasteiger partial charge in [0.2, 0.25) is 5.91 Å². The van der Waals surface area contributed by atoms with Crippen molar-refractivity contribution in [2.75, 3.05) is 17.3 Å². The summed E-state index contributed by atoms with van der Waals surface area (Å²) in [5.74, 6) is -0.0344. The lowest BCUT2D eigenvalue weighted by Gasteiger charge is -2.09. The van der Waals surface area contributed by atoms with Gasteiger partial charge in [0.15, 0.2) is 9.84 Å². The van der Waals surface area contributed by atoms with E-state index in [0.717, 1.165) is 11.2 Å². The van der Waals surface area contributed by atoms with E-state index in [9.17, 15) is 13.2 Å². The normalized spacial score (nSPS) is 11.3. The van der Waals surface area contributed by atoms with Gasteiger partial charge in [0.05, 0.1) is 21.4 Å². The van der Waals surface area contributed by atoms with Gasteiger partial charge in [-0.25, -0.2) is 8.42 Å². The first-order valence-electron chi connectivity index (χ1n) is 7.16. The molecule has 4 nitrogen and oxygen atoms in total. The first-order chi connectivity index (χ1) is 11.2. The van der Waals surface area contributed by atoms with E-state index in [1.165, 1.54) is 41.1 Å². The average Bonchev–Trinajstić information content (AvgIpc) is 2.49. The Balaban J connectivity index is 2.05. The molecular weight excluding hydrogens is 366 g/mol. The number of aryl methyl sites for hydroxylation is 2. The molecule has 0 aromatic heterocycles. The van der Waals surface area contributed by atoms with Crippen LogP contribution in [-0.4, -0.2) is 26.3 Å². The molecule has 0 heterocycles. The zero-order valence-corrected chi connectivity index (χ0v) is 16.0. The lowest BCUT2D eigenvalue weighted by atomic mass is 10.1. The number of hydrogen-bond acceptors (Lipinski definition) is 4. The molecule has 0 fully saturated rings. The van der Waals surface area contributed by atoms with Gasteiger partial charge >= 0.3 is 0 Å². The van der Waals surface area contributed by atoms with E-state index < -0.39 is 9.84 Å². The van der Waals surface area contributed by atoms with Crippen molar-refractivity contribution in [1.82, 2.24) is 0 Å². The van der Waals surface area contributed by atoms with Gasteiger partial charge in [-0.3, -0.25) is 4.79 Å². The summed E-state index contributed by atoms with van der Waals surface area (Å²) in [6, 6.07) is 10.3. The van der Waals surface area contributed by atoms with Crippen LogP contribution in [0.1, 0.15) is 11.1 Å². The molecule has 0 saturated carbocycles. The molecule has 128 valence electrons. The second-order valence-electron chi connectivity index (χ2n) is 5.50. The van der Waals surface area contributed by atoms with Gasteiger partial charge in [-0.1, -0.05) is 17.7 Å². The van der Waals surface area contributed by atoms with E-state index in [0.29, 0.717) is 10.7 Å². The van der Waals surface area contributed by atoms with E-state index in [2.05, 4.69) is 5.32 Å². The van der Waals surface area contributed by atoms with Crippen LogP contribution < -0.4 is 5.32 Å². The summed E-state index contributed by atoms with van der Waals surface area (Å²) in [6.07, 6.45) is 1.11. The fourth-order valence-corrected chi connectivity index (χ4v) is 3.58. The Morgan fingerprint density at radius 2 is 1.83 bits per heavy atom. The van der Waals surface area contributed by atoms with E-state index in [1.807, 2.05) is 32.0 Å². The Labute approximate surface area is 151 Å². The van der Waals surface area contributed by atoms with Crippen molar-refractivity contribution in [3.63, 3.8) is 0 Å². The molecule has 24 heavy (non-hydrogen) atoms. The van der Waals surface area contributed by atoms with Crippen molar-refractivity contribution in [2.24, 2.45) is 0 Å². The number of halogens is 1. The minimum Gasteiger partial charge on any atom is -0.324 e. The third kappa shape index (κ3) is 5.00. The topological polar surface area (TPSA) is 63.2 Å². The maximum atomic E-state index is 12.1. The molecule has 1 amide bonds. The van der Waals surface area contributed by atoms with Crippen LogP contribution in [0.3, 0.4) is 0 Å². The van der Waals surface area contributed by atoms with Gasteiger partial charge in [0, 0.05) is 11.2 Å². The van der Waals surface area contributed by atoms with Crippen LogP contribution in [-0.2, 0) is 14.6 Å². The maximum Gasteiger partial charge on any atom is 0.234 e. The zero-order valence-electron chi connectivity index (χ0n) is 13.6. The number of sulfone groups is 1. The number of rotatable bonds is 5. The van der Waals surface area contributed by atoms with Crippen LogP contribution in [0.4, 0.5) is 5.69 Å². The van der Waals surface area contributed by atoms with Crippen LogP contribution >= 0.6 is 23.4 Å². The standard InChI is InChI=1S/C17H18ClNO3S2/c1-11-4-5-13(8-12(11)2)23-10-17(20)19-16-9-14(24(3,21)22)6-7-15(16)18/h4-9H,10H2,1-3H3,(H,19,20). The quantitative estimate of drug-likeness (QED) is 0.790. The van der Waals surface area contributed by atoms with Crippen molar-refractivity contribution in [3.8, 4) is 0 Å². The second kappa shape index (κ2) is 7.59. The van der Waals surface area contributed by atoms with Crippen LogP contribution in [0.15, 0.2) is 46.2 Å². The number of carbonyl (C=O) groups excluding carboxylic acids is 1. The van der Waals surface area contributed by atoms with E-state index in [1.54, 1.807) is 0 Å². The molecule has 0 aliphatic heterocycles. The lowest BCUT2D eigenvalue weighted by molar-refractivity contribution is -0.113. The molecule has 7 heteroatoms. The smallest absolute Gasteiger partial charge is 0.234 e.